The lowest BCUT2D eigenvalue weighted by molar-refractivity contribution is 0.108. The molecular formula is C12H12N2OS. The maximum atomic E-state index is 11.4. The summed E-state index contributed by atoms with van der Waals surface area (Å²) in [5, 5.41) is 6.87. The van der Waals surface area contributed by atoms with Crippen molar-refractivity contribution in [2.45, 2.75) is 6.42 Å². The van der Waals surface area contributed by atoms with Crippen LogP contribution >= 0.6 is 11.8 Å². The van der Waals surface area contributed by atoms with Crippen molar-refractivity contribution in [3.05, 3.63) is 53.3 Å². The number of nitrogens with zero attached hydrogens (tertiary/aromatic N) is 1. The molecule has 3 nitrogen and oxygen atoms in total. The number of carbonyl (C=O) groups is 1. The third kappa shape index (κ3) is 2.52. The molecule has 0 radical (unpaired) electrons. The van der Waals surface area contributed by atoms with Gasteiger partial charge < -0.3 is 0 Å². The minimum atomic E-state index is -0.00411. The average molecular weight is 232 g/mol. The van der Waals surface area contributed by atoms with Crippen molar-refractivity contribution in [3.63, 3.8) is 0 Å². The summed E-state index contributed by atoms with van der Waals surface area (Å²) in [4.78, 5) is 11.4. The molecule has 0 spiro atoms. The van der Waals surface area contributed by atoms with E-state index in [9.17, 15) is 4.79 Å². The number of thioether (sulfide) groups is 1. The Kier molecular flexibility index (Phi) is 3.41. The van der Waals surface area contributed by atoms with Crippen LogP contribution in [0.5, 0.6) is 0 Å². The molecule has 2 aromatic rings. The number of aromatic nitrogens is 2. The second kappa shape index (κ2) is 4.99. The van der Waals surface area contributed by atoms with Crippen molar-refractivity contribution in [1.82, 2.24) is 10.2 Å². The zero-order chi connectivity index (χ0) is 11.4. The summed E-state index contributed by atoms with van der Waals surface area (Å²) < 4.78 is 0. The third-order valence-electron chi connectivity index (χ3n) is 2.26. The van der Waals surface area contributed by atoms with Gasteiger partial charge in [0.15, 0.2) is 0 Å². The molecule has 1 N–H and O–H groups in total. The SMILES string of the molecule is CSC(=O)c1cc(Cc2ccccc2)[nH]n1. The number of hydrogen-bond acceptors (Lipinski definition) is 3. The van der Waals surface area contributed by atoms with Crippen molar-refractivity contribution < 1.29 is 4.79 Å². The summed E-state index contributed by atoms with van der Waals surface area (Å²) in [6.07, 6.45) is 2.53. The van der Waals surface area contributed by atoms with Crippen LogP contribution < -0.4 is 0 Å². The van der Waals surface area contributed by atoms with E-state index in [2.05, 4.69) is 22.3 Å². The molecule has 16 heavy (non-hydrogen) atoms. The number of rotatable bonds is 3. The Morgan fingerprint density at radius 1 is 1.38 bits per heavy atom. The van der Waals surface area contributed by atoms with E-state index in [1.165, 1.54) is 17.3 Å². The maximum absolute atomic E-state index is 11.4. The first kappa shape index (κ1) is 11.0. The van der Waals surface area contributed by atoms with Crippen LogP contribution in [0.2, 0.25) is 0 Å². The van der Waals surface area contributed by atoms with E-state index in [4.69, 9.17) is 0 Å². The zero-order valence-electron chi connectivity index (χ0n) is 8.93. The van der Waals surface area contributed by atoms with Crippen LogP contribution in [-0.4, -0.2) is 21.6 Å². The molecule has 1 aromatic heterocycles. The molecule has 2 rings (SSSR count). The second-order valence-electron chi connectivity index (χ2n) is 3.43. The molecule has 0 bridgehead atoms. The first-order valence-corrected chi connectivity index (χ1v) is 6.18. The second-order valence-corrected chi connectivity index (χ2v) is 4.21. The van der Waals surface area contributed by atoms with Crippen LogP contribution in [0.25, 0.3) is 0 Å². The summed E-state index contributed by atoms with van der Waals surface area (Å²) in [5.74, 6) is 0. The van der Waals surface area contributed by atoms with Crippen molar-refractivity contribution in [2.24, 2.45) is 0 Å². The molecule has 0 aliphatic heterocycles. The van der Waals surface area contributed by atoms with E-state index in [1.54, 1.807) is 6.26 Å². The summed E-state index contributed by atoms with van der Waals surface area (Å²) >= 11 is 1.18. The van der Waals surface area contributed by atoms with E-state index < -0.39 is 0 Å². The highest BCUT2D eigenvalue weighted by molar-refractivity contribution is 8.13. The molecule has 0 aliphatic carbocycles. The van der Waals surface area contributed by atoms with Gasteiger partial charge in [-0.3, -0.25) is 9.89 Å². The smallest absolute Gasteiger partial charge is 0.239 e. The van der Waals surface area contributed by atoms with E-state index in [0.717, 1.165) is 12.1 Å². The third-order valence-corrected chi connectivity index (χ3v) is 2.84. The number of nitrogens with one attached hydrogen (secondary N) is 1. The number of carbonyl (C=O) groups excluding carboxylic acids is 1. The highest BCUT2D eigenvalue weighted by Gasteiger charge is 2.08. The van der Waals surface area contributed by atoms with Gasteiger partial charge in [-0.15, -0.1) is 0 Å². The van der Waals surface area contributed by atoms with Gasteiger partial charge in [-0.2, -0.15) is 5.10 Å². The van der Waals surface area contributed by atoms with Gasteiger partial charge in [-0.1, -0.05) is 42.1 Å². The van der Waals surface area contributed by atoms with Gasteiger partial charge in [0, 0.05) is 12.1 Å². The quantitative estimate of drug-likeness (QED) is 0.884. The summed E-state index contributed by atoms with van der Waals surface area (Å²) in [6.45, 7) is 0. The normalized spacial score (nSPS) is 10.3. The standard InChI is InChI=1S/C12H12N2OS/c1-16-12(15)11-8-10(13-14-11)7-9-5-3-2-4-6-9/h2-6,8H,7H2,1H3,(H,13,14). The Hall–Kier alpha value is -1.55. The molecule has 0 saturated heterocycles. The van der Waals surface area contributed by atoms with Crippen LogP contribution in [0.1, 0.15) is 21.7 Å². The van der Waals surface area contributed by atoms with E-state index in [-0.39, 0.29) is 5.12 Å². The zero-order valence-corrected chi connectivity index (χ0v) is 9.75. The molecule has 0 atom stereocenters. The van der Waals surface area contributed by atoms with Gasteiger partial charge in [0.2, 0.25) is 5.12 Å². The lowest BCUT2D eigenvalue weighted by Gasteiger charge is -1.96. The molecule has 0 aliphatic rings. The Bertz CT molecular complexity index is 479. The fourth-order valence-electron chi connectivity index (χ4n) is 1.48. The Labute approximate surface area is 98.3 Å². The Morgan fingerprint density at radius 3 is 2.81 bits per heavy atom. The number of benzene rings is 1. The maximum Gasteiger partial charge on any atom is 0.239 e. The molecule has 82 valence electrons. The lowest BCUT2D eigenvalue weighted by Crippen LogP contribution is -1.91. The minimum Gasteiger partial charge on any atom is -0.281 e. The number of aromatic amines is 1. The van der Waals surface area contributed by atoms with Crippen molar-refractivity contribution >= 4 is 16.9 Å². The number of H-pyrrole nitrogens is 1. The van der Waals surface area contributed by atoms with Gasteiger partial charge in [0.25, 0.3) is 0 Å². The first-order valence-electron chi connectivity index (χ1n) is 4.96. The largest absolute Gasteiger partial charge is 0.281 e. The predicted molar refractivity (Wildman–Crippen MR) is 65.7 cm³/mol. The van der Waals surface area contributed by atoms with Gasteiger partial charge in [0.05, 0.1) is 0 Å². The molecule has 4 heteroatoms. The van der Waals surface area contributed by atoms with Crippen LogP contribution in [0.3, 0.4) is 0 Å². The van der Waals surface area contributed by atoms with Crippen LogP contribution in [-0.2, 0) is 6.42 Å². The van der Waals surface area contributed by atoms with Gasteiger partial charge in [0.1, 0.15) is 5.69 Å². The summed E-state index contributed by atoms with van der Waals surface area (Å²) in [7, 11) is 0. The predicted octanol–water partition coefficient (Wildman–Crippen LogP) is 2.50. The fourth-order valence-corrected chi connectivity index (χ4v) is 1.79. The molecule has 0 fully saturated rings. The molecular weight excluding hydrogens is 220 g/mol. The van der Waals surface area contributed by atoms with Crippen LogP contribution in [0, 0.1) is 0 Å². The Balaban J connectivity index is 2.12. The van der Waals surface area contributed by atoms with Crippen molar-refractivity contribution in [1.29, 1.82) is 0 Å². The number of hydrogen-bond donors (Lipinski definition) is 1. The molecule has 1 heterocycles. The monoisotopic (exact) mass is 232 g/mol. The highest BCUT2D eigenvalue weighted by atomic mass is 32.2. The van der Waals surface area contributed by atoms with Gasteiger partial charge >= 0.3 is 0 Å². The van der Waals surface area contributed by atoms with Gasteiger partial charge in [-0.05, 0) is 17.9 Å². The van der Waals surface area contributed by atoms with Crippen LogP contribution in [0.15, 0.2) is 36.4 Å². The molecule has 1 aromatic carbocycles. The Morgan fingerprint density at radius 2 is 2.12 bits per heavy atom. The summed E-state index contributed by atoms with van der Waals surface area (Å²) in [5.41, 5.74) is 2.66. The van der Waals surface area contributed by atoms with E-state index in [1.807, 2.05) is 24.3 Å². The van der Waals surface area contributed by atoms with E-state index in [0.29, 0.717) is 5.69 Å². The van der Waals surface area contributed by atoms with Crippen molar-refractivity contribution in [3.8, 4) is 0 Å². The molecule has 0 saturated carbocycles. The molecule has 0 unspecified atom stereocenters. The average Bonchev–Trinajstić information content (AvgIpc) is 2.78. The topological polar surface area (TPSA) is 45.8 Å². The highest BCUT2D eigenvalue weighted by Crippen LogP contribution is 2.11. The fraction of sp³-hybridized carbons (Fsp3) is 0.167. The van der Waals surface area contributed by atoms with Crippen molar-refractivity contribution in [2.75, 3.05) is 6.26 Å². The first-order chi connectivity index (χ1) is 7.79. The molecule has 0 amide bonds. The minimum absolute atomic E-state index is 0.00411. The van der Waals surface area contributed by atoms with Crippen LogP contribution in [0.4, 0.5) is 0 Å². The summed E-state index contributed by atoms with van der Waals surface area (Å²) in [6, 6.07) is 11.9. The lowest BCUT2D eigenvalue weighted by atomic mass is 10.1. The van der Waals surface area contributed by atoms with E-state index >= 15 is 0 Å². The van der Waals surface area contributed by atoms with Gasteiger partial charge in [-0.25, -0.2) is 0 Å².